The van der Waals surface area contributed by atoms with E-state index >= 15 is 0 Å². The molecule has 0 saturated carbocycles. The summed E-state index contributed by atoms with van der Waals surface area (Å²) in [5.74, 6) is -0.335. The zero-order valence-corrected chi connectivity index (χ0v) is 12.2. The Morgan fingerprint density at radius 2 is 2.00 bits per heavy atom. The number of unbranched alkanes of at least 4 members (excludes halogenated alkanes) is 4. The van der Waals surface area contributed by atoms with Gasteiger partial charge in [-0.1, -0.05) is 32.6 Å². The normalized spacial score (nSPS) is 10.4. The average Bonchev–Trinajstić information content (AvgIpc) is 2.32. The van der Waals surface area contributed by atoms with E-state index in [4.69, 9.17) is 0 Å². The Labute approximate surface area is 116 Å². The van der Waals surface area contributed by atoms with Crippen molar-refractivity contribution in [2.45, 2.75) is 45.4 Å². The van der Waals surface area contributed by atoms with E-state index < -0.39 is 0 Å². The van der Waals surface area contributed by atoms with E-state index in [0.717, 1.165) is 12.8 Å². The molecule has 0 spiro atoms. The van der Waals surface area contributed by atoms with Crippen molar-refractivity contribution in [1.29, 1.82) is 0 Å². The van der Waals surface area contributed by atoms with Crippen molar-refractivity contribution in [3.8, 4) is 0 Å². The molecule has 0 atom stereocenters. The molecule has 1 N–H and O–H groups in total. The van der Waals surface area contributed by atoms with Crippen molar-refractivity contribution < 1.29 is 9.18 Å². The summed E-state index contributed by atoms with van der Waals surface area (Å²) in [6.07, 6.45) is 6.13. The highest BCUT2D eigenvalue weighted by molar-refractivity contribution is 9.10. The van der Waals surface area contributed by atoms with E-state index in [2.05, 4.69) is 28.2 Å². The third kappa shape index (κ3) is 5.63. The number of hydrogen-bond donors (Lipinski definition) is 1. The maximum Gasteiger partial charge on any atom is 0.224 e. The maximum atomic E-state index is 12.9. The van der Waals surface area contributed by atoms with Gasteiger partial charge in [0, 0.05) is 10.9 Å². The van der Waals surface area contributed by atoms with E-state index in [0.29, 0.717) is 16.6 Å². The molecule has 0 aliphatic rings. The standard InChI is InChI=1S/C14H19BrFNO/c1-2-3-4-5-6-7-14(18)17-13-9-8-11(16)10-12(13)15/h8-10H,2-7H2,1H3,(H,17,18). The molecule has 0 aromatic heterocycles. The van der Waals surface area contributed by atoms with Gasteiger partial charge < -0.3 is 5.32 Å². The molecule has 2 nitrogen and oxygen atoms in total. The second-order valence-corrected chi connectivity index (χ2v) is 5.19. The van der Waals surface area contributed by atoms with Gasteiger partial charge in [0.05, 0.1) is 5.69 Å². The van der Waals surface area contributed by atoms with Crippen LogP contribution >= 0.6 is 15.9 Å². The van der Waals surface area contributed by atoms with Gasteiger partial charge in [-0.3, -0.25) is 4.79 Å². The number of nitrogens with one attached hydrogen (secondary N) is 1. The molecular weight excluding hydrogens is 297 g/mol. The summed E-state index contributed by atoms with van der Waals surface area (Å²) in [6.45, 7) is 2.17. The minimum absolute atomic E-state index is 0.0150. The maximum absolute atomic E-state index is 12.9. The van der Waals surface area contributed by atoms with Crippen molar-refractivity contribution in [3.63, 3.8) is 0 Å². The summed E-state index contributed by atoms with van der Waals surface area (Å²) in [4.78, 5) is 11.7. The molecule has 0 fully saturated rings. The van der Waals surface area contributed by atoms with Gasteiger partial charge in [-0.25, -0.2) is 4.39 Å². The molecular formula is C14H19BrFNO. The van der Waals surface area contributed by atoms with E-state index in [9.17, 15) is 9.18 Å². The van der Waals surface area contributed by atoms with E-state index in [1.54, 1.807) is 6.07 Å². The Kier molecular flexibility index (Phi) is 6.94. The zero-order valence-electron chi connectivity index (χ0n) is 10.6. The minimum Gasteiger partial charge on any atom is -0.325 e. The van der Waals surface area contributed by atoms with Gasteiger partial charge in [-0.2, -0.15) is 0 Å². The van der Waals surface area contributed by atoms with E-state index in [1.807, 2.05) is 0 Å². The topological polar surface area (TPSA) is 29.1 Å². The lowest BCUT2D eigenvalue weighted by Crippen LogP contribution is -2.11. The summed E-state index contributed by atoms with van der Waals surface area (Å²) in [7, 11) is 0. The highest BCUT2D eigenvalue weighted by Gasteiger charge is 2.06. The van der Waals surface area contributed by atoms with Crippen LogP contribution in [0, 0.1) is 5.82 Å². The van der Waals surface area contributed by atoms with E-state index in [1.165, 1.54) is 31.4 Å². The summed E-state index contributed by atoms with van der Waals surface area (Å²) in [5, 5.41) is 2.78. The van der Waals surface area contributed by atoms with Crippen LogP contribution in [0.1, 0.15) is 45.4 Å². The number of halogens is 2. The number of carbonyl (C=O) groups is 1. The van der Waals surface area contributed by atoms with Crippen molar-refractivity contribution in [2.24, 2.45) is 0 Å². The molecule has 0 bridgehead atoms. The van der Waals surface area contributed by atoms with Gasteiger partial charge in [0.25, 0.3) is 0 Å². The Morgan fingerprint density at radius 1 is 1.28 bits per heavy atom. The second kappa shape index (κ2) is 8.25. The van der Waals surface area contributed by atoms with Crippen molar-refractivity contribution in [3.05, 3.63) is 28.5 Å². The highest BCUT2D eigenvalue weighted by atomic mass is 79.9. The van der Waals surface area contributed by atoms with Crippen LogP contribution in [0.2, 0.25) is 0 Å². The smallest absolute Gasteiger partial charge is 0.224 e. The summed E-state index contributed by atoms with van der Waals surface area (Å²) < 4.78 is 13.4. The fourth-order valence-electron chi connectivity index (χ4n) is 1.69. The number of hydrogen-bond acceptors (Lipinski definition) is 1. The fraction of sp³-hybridized carbons (Fsp3) is 0.500. The third-order valence-electron chi connectivity index (χ3n) is 2.71. The van der Waals surface area contributed by atoms with Crippen LogP contribution in [0.15, 0.2) is 22.7 Å². The molecule has 0 saturated heterocycles. The van der Waals surface area contributed by atoms with E-state index in [-0.39, 0.29) is 11.7 Å². The highest BCUT2D eigenvalue weighted by Crippen LogP contribution is 2.23. The number of amides is 1. The molecule has 1 rings (SSSR count). The molecule has 100 valence electrons. The number of benzene rings is 1. The van der Waals surface area contributed by atoms with Crippen molar-refractivity contribution in [1.82, 2.24) is 0 Å². The SMILES string of the molecule is CCCCCCCC(=O)Nc1ccc(F)cc1Br. The molecule has 1 aromatic rings. The van der Waals surface area contributed by atoms with Crippen LogP contribution in [0.4, 0.5) is 10.1 Å². The number of anilines is 1. The average molecular weight is 316 g/mol. The molecule has 0 radical (unpaired) electrons. The molecule has 0 unspecified atom stereocenters. The molecule has 0 aliphatic carbocycles. The Bertz CT molecular complexity index is 395. The lowest BCUT2D eigenvalue weighted by atomic mass is 10.1. The van der Waals surface area contributed by atoms with Gasteiger partial charge in [0.15, 0.2) is 0 Å². The first-order chi connectivity index (χ1) is 8.63. The Balaban J connectivity index is 2.31. The molecule has 1 amide bonds. The molecule has 0 heterocycles. The quantitative estimate of drug-likeness (QED) is 0.713. The summed E-state index contributed by atoms with van der Waals surface area (Å²) >= 11 is 3.22. The number of rotatable bonds is 7. The van der Waals surface area contributed by atoms with Crippen molar-refractivity contribution >= 4 is 27.5 Å². The van der Waals surface area contributed by atoms with Gasteiger partial charge in [0.1, 0.15) is 5.82 Å². The number of carbonyl (C=O) groups excluding carboxylic acids is 1. The third-order valence-corrected chi connectivity index (χ3v) is 3.37. The minimum atomic E-state index is -0.320. The van der Waals surface area contributed by atoms with Crippen LogP contribution in [0.3, 0.4) is 0 Å². The summed E-state index contributed by atoms with van der Waals surface area (Å²) in [6, 6.07) is 4.24. The molecule has 4 heteroatoms. The Hall–Kier alpha value is -0.900. The lowest BCUT2D eigenvalue weighted by Gasteiger charge is -2.07. The van der Waals surface area contributed by atoms with Gasteiger partial charge in [-0.05, 0) is 40.5 Å². The lowest BCUT2D eigenvalue weighted by molar-refractivity contribution is -0.116. The monoisotopic (exact) mass is 315 g/mol. The van der Waals surface area contributed by atoms with Gasteiger partial charge >= 0.3 is 0 Å². The van der Waals surface area contributed by atoms with Crippen LogP contribution < -0.4 is 5.32 Å². The van der Waals surface area contributed by atoms with Gasteiger partial charge in [-0.15, -0.1) is 0 Å². The molecule has 18 heavy (non-hydrogen) atoms. The summed E-state index contributed by atoms with van der Waals surface area (Å²) in [5.41, 5.74) is 0.620. The predicted molar refractivity (Wildman–Crippen MR) is 76.1 cm³/mol. The van der Waals surface area contributed by atoms with Crippen LogP contribution in [0.5, 0.6) is 0 Å². The van der Waals surface area contributed by atoms with Crippen LogP contribution in [0.25, 0.3) is 0 Å². The van der Waals surface area contributed by atoms with Gasteiger partial charge in [0.2, 0.25) is 5.91 Å². The first kappa shape index (κ1) is 15.2. The van der Waals surface area contributed by atoms with Crippen molar-refractivity contribution in [2.75, 3.05) is 5.32 Å². The Morgan fingerprint density at radius 3 is 2.67 bits per heavy atom. The molecule has 0 aliphatic heterocycles. The largest absolute Gasteiger partial charge is 0.325 e. The first-order valence-electron chi connectivity index (χ1n) is 6.38. The second-order valence-electron chi connectivity index (χ2n) is 4.34. The zero-order chi connectivity index (χ0) is 13.4. The fourth-order valence-corrected chi connectivity index (χ4v) is 2.14. The van der Waals surface area contributed by atoms with Crippen LogP contribution in [-0.4, -0.2) is 5.91 Å². The molecule has 1 aromatic carbocycles. The first-order valence-corrected chi connectivity index (χ1v) is 7.17. The van der Waals surface area contributed by atoms with Crippen LogP contribution in [-0.2, 0) is 4.79 Å². The predicted octanol–water partition coefficient (Wildman–Crippen LogP) is 4.89.